The van der Waals surface area contributed by atoms with Crippen LogP contribution in [0, 0.1) is 5.82 Å². The normalized spacial score (nSPS) is 14.0. The largest absolute Gasteiger partial charge is 0.241 e. The van der Waals surface area contributed by atoms with E-state index in [1.165, 1.54) is 35.5 Å². The molecule has 2 aromatic carbocycles. The fourth-order valence-corrected chi connectivity index (χ4v) is 5.36. The predicted molar refractivity (Wildman–Crippen MR) is 109 cm³/mol. The molecular weight excluding hydrogens is 395 g/mol. The Hall–Kier alpha value is -2.09. The second kappa shape index (κ2) is 8.11. The van der Waals surface area contributed by atoms with Crippen molar-refractivity contribution in [2.75, 3.05) is 6.54 Å². The molecule has 7 heteroatoms. The molecular formula is C21H21FN2O2S2. The van der Waals surface area contributed by atoms with Crippen molar-refractivity contribution in [3.63, 3.8) is 0 Å². The highest BCUT2D eigenvalue weighted by atomic mass is 32.2. The van der Waals surface area contributed by atoms with E-state index in [1.807, 2.05) is 17.5 Å². The third-order valence-corrected chi connectivity index (χ3v) is 7.35. The van der Waals surface area contributed by atoms with E-state index in [4.69, 9.17) is 0 Å². The summed E-state index contributed by atoms with van der Waals surface area (Å²) >= 11 is 1.47. The standard InChI is InChI=1S/C21H21FN2O2S2/c22-18-8-5-16(6-9-18)21-24-19(14-27-21)11-12-23-28(25,26)20-10-7-15-3-1-2-4-17(15)13-20/h5-10,13-14,23H,1-4,11-12H2. The number of nitrogens with one attached hydrogen (secondary N) is 1. The molecule has 3 aromatic rings. The topological polar surface area (TPSA) is 59.1 Å². The van der Waals surface area contributed by atoms with Gasteiger partial charge in [-0.1, -0.05) is 6.07 Å². The predicted octanol–water partition coefficient (Wildman–Crippen LogP) is 4.35. The number of nitrogens with zero attached hydrogens (tertiary/aromatic N) is 1. The molecule has 1 aliphatic rings. The van der Waals surface area contributed by atoms with Gasteiger partial charge in [0.05, 0.1) is 10.6 Å². The summed E-state index contributed by atoms with van der Waals surface area (Å²) in [7, 11) is -3.53. The summed E-state index contributed by atoms with van der Waals surface area (Å²) in [5.74, 6) is -0.280. The molecule has 0 bridgehead atoms. The zero-order valence-corrected chi connectivity index (χ0v) is 17.0. The molecule has 0 saturated carbocycles. The average molecular weight is 417 g/mol. The van der Waals surface area contributed by atoms with E-state index in [0.717, 1.165) is 41.1 Å². The Morgan fingerprint density at radius 3 is 2.57 bits per heavy atom. The van der Waals surface area contributed by atoms with Gasteiger partial charge < -0.3 is 0 Å². The minimum atomic E-state index is -3.53. The molecule has 4 nitrogen and oxygen atoms in total. The Morgan fingerprint density at radius 2 is 1.79 bits per heavy atom. The van der Waals surface area contributed by atoms with Crippen molar-refractivity contribution in [1.82, 2.24) is 9.71 Å². The van der Waals surface area contributed by atoms with Crippen LogP contribution in [0.15, 0.2) is 52.7 Å². The first-order valence-corrected chi connectivity index (χ1v) is 11.7. The third-order valence-electron chi connectivity index (χ3n) is 4.95. The van der Waals surface area contributed by atoms with E-state index in [0.29, 0.717) is 11.3 Å². The highest BCUT2D eigenvalue weighted by molar-refractivity contribution is 7.89. The number of hydrogen-bond donors (Lipinski definition) is 1. The van der Waals surface area contributed by atoms with Crippen LogP contribution in [0.25, 0.3) is 10.6 Å². The van der Waals surface area contributed by atoms with Gasteiger partial charge in [-0.05, 0) is 73.2 Å². The number of aryl methyl sites for hydroxylation is 2. The van der Waals surface area contributed by atoms with Gasteiger partial charge in [-0.2, -0.15) is 0 Å². The number of sulfonamides is 1. The fourth-order valence-electron chi connectivity index (χ4n) is 3.42. The smallest absolute Gasteiger partial charge is 0.240 e. The minimum absolute atomic E-state index is 0.280. The Balaban J connectivity index is 1.39. The highest BCUT2D eigenvalue weighted by Crippen LogP contribution is 2.25. The molecule has 1 aliphatic carbocycles. The van der Waals surface area contributed by atoms with E-state index in [1.54, 1.807) is 18.2 Å². The van der Waals surface area contributed by atoms with Gasteiger partial charge in [-0.25, -0.2) is 22.5 Å². The van der Waals surface area contributed by atoms with Crippen LogP contribution < -0.4 is 4.72 Å². The summed E-state index contributed by atoms with van der Waals surface area (Å²) in [6.45, 7) is 0.284. The van der Waals surface area contributed by atoms with Crippen molar-refractivity contribution in [2.45, 2.75) is 37.0 Å². The molecule has 0 radical (unpaired) electrons. The van der Waals surface area contributed by atoms with Crippen LogP contribution in [0.2, 0.25) is 0 Å². The molecule has 1 aromatic heterocycles. The van der Waals surface area contributed by atoms with Gasteiger partial charge in [0, 0.05) is 23.9 Å². The summed E-state index contributed by atoms with van der Waals surface area (Å²) in [5.41, 5.74) is 4.09. The first-order chi connectivity index (χ1) is 13.5. The minimum Gasteiger partial charge on any atom is -0.241 e. The van der Waals surface area contributed by atoms with Crippen LogP contribution in [0.3, 0.4) is 0 Å². The maximum Gasteiger partial charge on any atom is 0.240 e. The van der Waals surface area contributed by atoms with Crippen LogP contribution in [0.4, 0.5) is 4.39 Å². The van der Waals surface area contributed by atoms with Gasteiger partial charge >= 0.3 is 0 Å². The number of aromatic nitrogens is 1. The monoisotopic (exact) mass is 416 g/mol. The van der Waals surface area contributed by atoms with Gasteiger partial charge in [0.2, 0.25) is 10.0 Å². The molecule has 0 spiro atoms. The molecule has 1 N–H and O–H groups in total. The Morgan fingerprint density at radius 1 is 1.04 bits per heavy atom. The summed E-state index contributed by atoms with van der Waals surface area (Å²) in [4.78, 5) is 4.85. The molecule has 0 unspecified atom stereocenters. The first-order valence-electron chi connectivity index (χ1n) is 9.33. The quantitative estimate of drug-likeness (QED) is 0.650. The molecule has 0 aliphatic heterocycles. The fraction of sp³-hybridized carbons (Fsp3) is 0.286. The maximum atomic E-state index is 13.0. The molecule has 0 saturated heterocycles. The van der Waals surface area contributed by atoms with Crippen molar-refractivity contribution < 1.29 is 12.8 Å². The van der Waals surface area contributed by atoms with Gasteiger partial charge in [-0.15, -0.1) is 11.3 Å². The lowest BCUT2D eigenvalue weighted by Gasteiger charge is -2.16. The number of thiazole rings is 1. The zero-order chi connectivity index (χ0) is 19.6. The van der Waals surface area contributed by atoms with Crippen molar-refractivity contribution >= 4 is 21.4 Å². The van der Waals surface area contributed by atoms with Crippen molar-refractivity contribution in [3.05, 3.63) is 70.5 Å². The number of fused-ring (bicyclic) bond motifs is 1. The first kappa shape index (κ1) is 19.2. The molecule has 146 valence electrons. The number of benzene rings is 2. The van der Waals surface area contributed by atoms with Crippen molar-refractivity contribution in [2.24, 2.45) is 0 Å². The summed E-state index contributed by atoms with van der Waals surface area (Å²) in [6.07, 6.45) is 4.77. The lowest BCUT2D eigenvalue weighted by Crippen LogP contribution is -2.26. The molecule has 28 heavy (non-hydrogen) atoms. The average Bonchev–Trinajstić information content (AvgIpc) is 3.17. The van der Waals surface area contributed by atoms with Gasteiger partial charge in [0.15, 0.2) is 0 Å². The molecule has 0 atom stereocenters. The lowest BCUT2D eigenvalue weighted by atomic mass is 9.92. The number of rotatable bonds is 6. The van der Waals surface area contributed by atoms with E-state index >= 15 is 0 Å². The summed E-state index contributed by atoms with van der Waals surface area (Å²) in [5, 5.41) is 2.71. The van der Waals surface area contributed by atoms with E-state index in [-0.39, 0.29) is 12.4 Å². The van der Waals surface area contributed by atoms with E-state index in [2.05, 4.69) is 9.71 Å². The van der Waals surface area contributed by atoms with Crippen molar-refractivity contribution in [1.29, 1.82) is 0 Å². The lowest BCUT2D eigenvalue weighted by molar-refractivity contribution is 0.580. The van der Waals surface area contributed by atoms with E-state index < -0.39 is 10.0 Å². The molecule has 0 amide bonds. The Kier molecular flexibility index (Phi) is 5.57. The maximum absolute atomic E-state index is 13.0. The Labute approximate surface area is 168 Å². The van der Waals surface area contributed by atoms with E-state index in [9.17, 15) is 12.8 Å². The SMILES string of the molecule is O=S(=O)(NCCc1csc(-c2ccc(F)cc2)n1)c1ccc2c(c1)CCCC2. The second-order valence-electron chi connectivity index (χ2n) is 6.94. The zero-order valence-electron chi connectivity index (χ0n) is 15.3. The highest BCUT2D eigenvalue weighted by Gasteiger charge is 2.17. The summed E-state index contributed by atoms with van der Waals surface area (Å²) in [6, 6.07) is 11.6. The van der Waals surface area contributed by atoms with Crippen LogP contribution in [-0.4, -0.2) is 19.9 Å². The second-order valence-corrected chi connectivity index (χ2v) is 9.56. The van der Waals surface area contributed by atoms with Crippen LogP contribution in [0.5, 0.6) is 0 Å². The van der Waals surface area contributed by atoms with Crippen molar-refractivity contribution in [3.8, 4) is 10.6 Å². The van der Waals surface area contributed by atoms with Gasteiger partial charge in [0.25, 0.3) is 0 Å². The summed E-state index contributed by atoms with van der Waals surface area (Å²) < 4.78 is 40.9. The van der Waals surface area contributed by atoms with Crippen LogP contribution >= 0.6 is 11.3 Å². The van der Waals surface area contributed by atoms with Crippen LogP contribution in [0.1, 0.15) is 29.7 Å². The number of hydrogen-bond acceptors (Lipinski definition) is 4. The third kappa shape index (κ3) is 4.32. The number of halogens is 1. The molecule has 0 fully saturated rings. The Bertz CT molecular complexity index is 1080. The van der Waals surface area contributed by atoms with Crippen LogP contribution in [-0.2, 0) is 29.3 Å². The molecule has 4 rings (SSSR count). The molecule has 1 heterocycles. The van der Waals surface area contributed by atoms with Gasteiger partial charge in [0.1, 0.15) is 10.8 Å². The van der Waals surface area contributed by atoms with Gasteiger partial charge in [-0.3, -0.25) is 0 Å².